The smallest absolute Gasteiger partial charge is 0.214 e. The molecule has 1 aliphatic rings. The molecule has 1 aliphatic heterocycles. The van der Waals surface area contributed by atoms with Crippen LogP contribution in [-0.4, -0.2) is 31.6 Å². The molecule has 0 aromatic heterocycles. The fourth-order valence-corrected chi connectivity index (χ4v) is 3.70. The summed E-state index contributed by atoms with van der Waals surface area (Å²) in [5, 5.41) is 0. The van der Waals surface area contributed by atoms with Crippen LogP contribution >= 0.6 is 0 Å². The van der Waals surface area contributed by atoms with Gasteiger partial charge in [0.1, 0.15) is 0 Å². The molecule has 0 amide bonds. The van der Waals surface area contributed by atoms with E-state index in [2.05, 4.69) is 0 Å². The molecule has 1 saturated heterocycles. The molecule has 0 saturated carbocycles. The van der Waals surface area contributed by atoms with Gasteiger partial charge in [-0.25, -0.2) is 12.7 Å². The van der Waals surface area contributed by atoms with Crippen LogP contribution in [0.25, 0.3) is 0 Å². The maximum Gasteiger partial charge on any atom is 0.214 e. The molecular formula is C12H18N2O2S. The largest absolute Gasteiger partial charge is 0.399 e. The molecule has 5 heteroatoms. The minimum Gasteiger partial charge on any atom is -0.399 e. The van der Waals surface area contributed by atoms with Crippen LogP contribution in [0.1, 0.15) is 18.4 Å². The molecule has 0 spiro atoms. The Bertz CT molecular complexity index is 485. The molecule has 1 aromatic carbocycles. The fourth-order valence-electron chi connectivity index (χ4n) is 2.09. The van der Waals surface area contributed by atoms with Gasteiger partial charge in [0.25, 0.3) is 0 Å². The van der Waals surface area contributed by atoms with Crippen LogP contribution in [0.5, 0.6) is 0 Å². The van der Waals surface area contributed by atoms with Gasteiger partial charge in [0.2, 0.25) is 10.0 Å². The average Bonchev–Trinajstić information content (AvgIpc) is 2.27. The first kappa shape index (κ1) is 12.4. The van der Waals surface area contributed by atoms with Gasteiger partial charge in [-0.1, -0.05) is 12.1 Å². The highest BCUT2D eigenvalue weighted by molar-refractivity contribution is 7.89. The molecule has 0 bridgehead atoms. The molecular weight excluding hydrogens is 236 g/mol. The minimum absolute atomic E-state index is 0.296. The Morgan fingerprint density at radius 2 is 2.12 bits per heavy atom. The Hall–Kier alpha value is -1.07. The van der Waals surface area contributed by atoms with E-state index in [9.17, 15) is 8.42 Å². The van der Waals surface area contributed by atoms with Crippen LogP contribution in [0.4, 0.5) is 5.69 Å². The van der Waals surface area contributed by atoms with Crippen molar-refractivity contribution in [3.05, 3.63) is 29.8 Å². The lowest BCUT2D eigenvalue weighted by molar-refractivity contribution is 0.386. The van der Waals surface area contributed by atoms with Gasteiger partial charge < -0.3 is 5.73 Å². The van der Waals surface area contributed by atoms with E-state index in [1.807, 2.05) is 24.3 Å². The number of nitrogens with two attached hydrogens (primary N) is 1. The van der Waals surface area contributed by atoms with E-state index in [-0.39, 0.29) is 0 Å². The van der Waals surface area contributed by atoms with Gasteiger partial charge in [-0.3, -0.25) is 0 Å². The summed E-state index contributed by atoms with van der Waals surface area (Å²) in [5.41, 5.74) is 7.50. The standard InChI is InChI=1S/C12H18N2O2S/c13-12-5-3-4-11(10-12)6-8-14-7-1-2-9-17(14,15)16/h3-5,10H,1-2,6-9,13H2. The first-order valence-corrected chi connectivity index (χ1v) is 7.51. The minimum atomic E-state index is -3.00. The van der Waals surface area contributed by atoms with Crippen LogP contribution in [0.3, 0.4) is 0 Å². The van der Waals surface area contributed by atoms with Gasteiger partial charge in [0.15, 0.2) is 0 Å². The fraction of sp³-hybridized carbons (Fsp3) is 0.500. The van der Waals surface area contributed by atoms with Gasteiger partial charge in [0.05, 0.1) is 5.75 Å². The van der Waals surface area contributed by atoms with Crippen LogP contribution in [0, 0.1) is 0 Å². The highest BCUT2D eigenvalue weighted by atomic mass is 32.2. The maximum atomic E-state index is 11.8. The van der Waals surface area contributed by atoms with Crippen molar-refractivity contribution >= 4 is 15.7 Å². The van der Waals surface area contributed by atoms with Crippen molar-refractivity contribution < 1.29 is 8.42 Å². The Balaban J connectivity index is 1.98. The Morgan fingerprint density at radius 3 is 2.82 bits per heavy atom. The Labute approximate surface area is 102 Å². The molecule has 2 rings (SSSR count). The maximum absolute atomic E-state index is 11.8. The lowest BCUT2D eigenvalue weighted by atomic mass is 10.1. The first-order valence-electron chi connectivity index (χ1n) is 5.90. The van der Waals surface area contributed by atoms with Crippen molar-refractivity contribution in [3.8, 4) is 0 Å². The van der Waals surface area contributed by atoms with E-state index in [1.54, 1.807) is 4.31 Å². The summed E-state index contributed by atoms with van der Waals surface area (Å²) in [7, 11) is -3.00. The predicted octanol–water partition coefficient (Wildman–Crippen LogP) is 1.24. The Kier molecular flexibility index (Phi) is 3.69. The molecule has 0 radical (unpaired) electrons. The Morgan fingerprint density at radius 1 is 1.29 bits per heavy atom. The second-order valence-corrected chi connectivity index (χ2v) is 6.51. The zero-order valence-corrected chi connectivity index (χ0v) is 10.6. The molecule has 94 valence electrons. The van der Waals surface area contributed by atoms with Crippen molar-refractivity contribution in [3.63, 3.8) is 0 Å². The summed E-state index contributed by atoms with van der Waals surface area (Å²) >= 11 is 0. The van der Waals surface area contributed by atoms with E-state index in [1.165, 1.54) is 0 Å². The monoisotopic (exact) mass is 254 g/mol. The third-order valence-electron chi connectivity index (χ3n) is 3.05. The van der Waals surface area contributed by atoms with E-state index >= 15 is 0 Å². The van der Waals surface area contributed by atoms with E-state index < -0.39 is 10.0 Å². The highest BCUT2D eigenvalue weighted by Gasteiger charge is 2.24. The molecule has 1 fully saturated rings. The van der Waals surface area contributed by atoms with Crippen LogP contribution in [0.2, 0.25) is 0 Å². The highest BCUT2D eigenvalue weighted by Crippen LogP contribution is 2.15. The number of hydrogen-bond acceptors (Lipinski definition) is 3. The van der Waals surface area contributed by atoms with Crippen LogP contribution in [-0.2, 0) is 16.4 Å². The van der Waals surface area contributed by atoms with E-state index in [0.717, 1.165) is 30.5 Å². The van der Waals surface area contributed by atoms with Crippen LogP contribution < -0.4 is 5.73 Å². The average molecular weight is 254 g/mol. The quantitative estimate of drug-likeness (QED) is 0.825. The lowest BCUT2D eigenvalue weighted by Crippen LogP contribution is -2.39. The van der Waals surface area contributed by atoms with Gasteiger partial charge in [-0.05, 0) is 37.0 Å². The molecule has 4 nitrogen and oxygen atoms in total. The van der Waals surface area contributed by atoms with E-state index in [0.29, 0.717) is 18.8 Å². The topological polar surface area (TPSA) is 63.4 Å². The molecule has 1 aromatic rings. The normalized spacial score (nSPS) is 20.2. The lowest BCUT2D eigenvalue weighted by Gasteiger charge is -2.26. The third-order valence-corrected chi connectivity index (χ3v) is 5.01. The number of rotatable bonds is 3. The summed E-state index contributed by atoms with van der Waals surface area (Å²) < 4.78 is 25.1. The van der Waals surface area contributed by atoms with Gasteiger partial charge in [-0.15, -0.1) is 0 Å². The number of anilines is 1. The molecule has 0 unspecified atom stereocenters. The van der Waals surface area contributed by atoms with Crippen molar-refractivity contribution in [2.45, 2.75) is 19.3 Å². The zero-order chi connectivity index (χ0) is 12.3. The van der Waals surface area contributed by atoms with Gasteiger partial charge in [0, 0.05) is 18.8 Å². The number of hydrogen-bond donors (Lipinski definition) is 1. The third kappa shape index (κ3) is 3.20. The summed E-state index contributed by atoms with van der Waals surface area (Å²) in [6.07, 6.45) is 2.48. The number of nitrogen functional groups attached to an aromatic ring is 1. The van der Waals surface area contributed by atoms with Crippen molar-refractivity contribution in [1.82, 2.24) is 4.31 Å². The second kappa shape index (κ2) is 5.06. The first-order chi connectivity index (χ1) is 8.08. The molecule has 1 heterocycles. The number of nitrogens with zero attached hydrogens (tertiary/aromatic N) is 1. The van der Waals surface area contributed by atoms with Crippen LogP contribution in [0.15, 0.2) is 24.3 Å². The summed E-state index contributed by atoms with van der Waals surface area (Å²) in [6.45, 7) is 1.22. The zero-order valence-electron chi connectivity index (χ0n) is 9.80. The molecule has 17 heavy (non-hydrogen) atoms. The van der Waals surface area contributed by atoms with Crippen molar-refractivity contribution in [2.24, 2.45) is 0 Å². The number of benzene rings is 1. The molecule has 0 atom stereocenters. The van der Waals surface area contributed by atoms with Crippen molar-refractivity contribution in [2.75, 3.05) is 24.6 Å². The molecule has 2 N–H and O–H groups in total. The second-order valence-electron chi connectivity index (χ2n) is 4.42. The van der Waals surface area contributed by atoms with Gasteiger partial charge in [-0.2, -0.15) is 0 Å². The van der Waals surface area contributed by atoms with Gasteiger partial charge >= 0.3 is 0 Å². The number of sulfonamides is 1. The van der Waals surface area contributed by atoms with E-state index in [4.69, 9.17) is 5.73 Å². The molecule has 0 aliphatic carbocycles. The summed E-state index contributed by atoms with van der Waals surface area (Å²) in [6, 6.07) is 7.61. The predicted molar refractivity (Wildman–Crippen MR) is 69.2 cm³/mol. The van der Waals surface area contributed by atoms with Crippen molar-refractivity contribution in [1.29, 1.82) is 0 Å². The summed E-state index contributed by atoms with van der Waals surface area (Å²) in [4.78, 5) is 0. The SMILES string of the molecule is Nc1cccc(CCN2CCCCS2(=O)=O)c1. The summed E-state index contributed by atoms with van der Waals surface area (Å²) in [5.74, 6) is 0.296.